The van der Waals surface area contributed by atoms with Gasteiger partial charge in [0.2, 0.25) is 0 Å². The molecule has 24 heavy (non-hydrogen) atoms. The number of hydrogen-bond donors (Lipinski definition) is 0. The van der Waals surface area contributed by atoms with E-state index in [0.717, 1.165) is 17.4 Å². The average molecular weight is 353 g/mol. The van der Waals surface area contributed by atoms with Crippen LogP contribution in [0.2, 0.25) is 0 Å². The SMILES string of the molecule is CCOC(=O)CCn1c(=O)c2ccccc2n(CCCCCl)c1=O. The van der Waals surface area contributed by atoms with Gasteiger partial charge in [-0.15, -0.1) is 11.6 Å². The summed E-state index contributed by atoms with van der Waals surface area (Å²) in [6.07, 6.45) is 1.51. The molecule has 0 radical (unpaired) electrons. The van der Waals surface area contributed by atoms with Crippen LogP contribution in [0.1, 0.15) is 26.2 Å². The molecule has 0 fully saturated rings. The second-order valence-electron chi connectivity index (χ2n) is 5.36. The van der Waals surface area contributed by atoms with E-state index >= 15 is 0 Å². The fourth-order valence-electron chi connectivity index (χ4n) is 2.58. The molecule has 1 aromatic heterocycles. The lowest BCUT2D eigenvalue weighted by atomic mass is 10.2. The van der Waals surface area contributed by atoms with Crippen molar-refractivity contribution in [2.24, 2.45) is 0 Å². The average Bonchev–Trinajstić information content (AvgIpc) is 2.58. The third-order valence-corrected chi connectivity index (χ3v) is 4.01. The Bertz CT molecular complexity index is 825. The topological polar surface area (TPSA) is 70.3 Å². The van der Waals surface area contributed by atoms with Crippen molar-refractivity contribution in [3.63, 3.8) is 0 Å². The lowest BCUT2D eigenvalue weighted by Crippen LogP contribution is -2.40. The minimum atomic E-state index is -0.425. The predicted octanol–water partition coefficient (Wildman–Crippen LogP) is 2.14. The van der Waals surface area contributed by atoms with E-state index in [0.29, 0.717) is 23.3 Å². The number of carbonyl (C=O) groups is 1. The monoisotopic (exact) mass is 352 g/mol. The second kappa shape index (κ2) is 8.68. The Kier molecular flexibility index (Phi) is 6.61. The molecule has 7 heteroatoms. The number of hydrogen-bond acceptors (Lipinski definition) is 4. The molecule has 2 rings (SSSR count). The molecule has 2 aromatic rings. The van der Waals surface area contributed by atoms with Gasteiger partial charge in [-0.25, -0.2) is 4.79 Å². The molecule has 0 aliphatic carbocycles. The number of benzene rings is 1. The van der Waals surface area contributed by atoms with Gasteiger partial charge >= 0.3 is 11.7 Å². The number of ether oxygens (including phenoxy) is 1. The minimum absolute atomic E-state index is 0.0108. The van der Waals surface area contributed by atoms with Crippen LogP contribution in [0, 0.1) is 0 Å². The number of nitrogens with zero attached hydrogens (tertiary/aromatic N) is 2. The fourth-order valence-corrected chi connectivity index (χ4v) is 2.77. The maximum absolute atomic E-state index is 12.7. The normalized spacial score (nSPS) is 10.9. The van der Waals surface area contributed by atoms with Gasteiger partial charge in [0.25, 0.3) is 5.56 Å². The van der Waals surface area contributed by atoms with Gasteiger partial charge < -0.3 is 4.74 Å². The molecule has 0 unspecified atom stereocenters. The molecular weight excluding hydrogens is 332 g/mol. The summed E-state index contributed by atoms with van der Waals surface area (Å²) in [5, 5.41) is 0.465. The molecule has 0 spiro atoms. The number of fused-ring (bicyclic) bond motifs is 1. The molecule has 0 aliphatic rings. The van der Waals surface area contributed by atoms with Gasteiger partial charge in [-0.05, 0) is 31.9 Å². The third kappa shape index (κ3) is 4.06. The van der Waals surface area contributed by atoms with Crippen LogP contribution in [-0.4, -0.2) is 27.6 Å². The minimum Gasteiger partial charge on any atom is -0.466 e. The summed E-state index contributed by atoms with van der Waals surface area (Å²) >= 11 is 5.70. The fraction of sp³-hybridized carbons (Fsp3) is 0.471. The third-order valence-electron chi connectivity index (χ3n) is 3.74. The van der Waals surface area contributed by atoms with Crippen LogP contribution < -0.4 is 11.2 Å². The highest BCUT2D eigenvalue weighted by atomic mass is 35.5. The van der Waals surface area contributed by atoms with Gasteiger partial charge in [0.15, 0.2) is 0 Å². The number of esters is 1. The number of aromatic nitrogens is 2. The maximum atomic E-state index is 12.7. The van der Waals surface area contributed by atoms with E-state index in [1.165, 1.54) is 0 Å². The van der Waals surface area contributed by atoms with E-state index in [-0.39, 0.29) is 25.1 Å². The molecule has 0 N–H and O–H groups in total. The van der Waals surface area contributed by atoms with Crippen molar-refractivity contribution in [3.8, 4) is 0 Å². The largest absolute Gasteiger partial charge is 0.466 e. The Hall–Kier alpha value is -2.08. The zero-order valence-corrected chi connectivity index (χ0v) is 14.4. The Labute approximate surface area is 144 Å². The van der Waals surface area contributed by atoms with Gasteiger partial charge in [-0.2, -0.15) is 0 Å². The summed E-state index contributed by atoms with van der Waals surface area (Å²) in [5.41, 5.74) is -0.180. The quantitative estimate of drug-likeness (QED) is 0.414. The van der Waals surface area contributed by atoms with Crippen molar-refractivity contribution in [2.45, 2.75) is 39.3 Å². The van der Waals surface area contributed by atoms with Crippen molar-refractivity contribution in [1.29, 1.82) is 0 Å². The first kappa shape index (κ1) is 18.3. The van der Waals surface area contributed by atoms with E-state index in [4.69, 9.17) is 16.3 Å². The van der Waals surface area contributed by atoms with Crippen LogP contribution in [0.4, 0.5) is 0 Å². The number of aryl methyl sites for hydroxylation is 1. The maximum Gasteiger partial charge on any atom is 0.331 e. The van der Waals surface area contributed by atoms with Crippen molar-refractivity contribution in [3.05, 3.63) is 45.1 Å². The summed E-state index contributed by atoms with van der Waals surface area (Å²) in [6.45, 7) is 2.47. The first-order valence-corrected chi connectivity index (χ1v) is 8.57. The van der Waals surface area contributed by atoms with Crippen LogP contribution in [-0.2, 0) is 22.6 Å². The Morgan fingerprint density at radius 3 is 2.58 bits per heavy atom. The number of alkyl halides is 1. The van der Waals surface area contributed by atoms with E-state index in [1.54, 1.807) is 35.8 Å². The van der Waals surface area contributed by atoms with E-state index < -0.39 is 11.7 Å². The Morgan fingerprint density at radius 1 is 1.12 bits per heavy atom. The molecule has 1 aromatic carbocycles. The summed E-state index contributed by atoms with van der Waals surface area (Å²) in [5.74, 6) is 0.0977. The number of unbranched alkanes of at least 4 members (excludes halogenated alkanes) is 1. The zero-order valence-electron chi connectivity index (χ0n) is 13.7. The molecule has 0 aliphatic heterocycles. The van der Waals surface area contributed by atoms with E-state index in [9.17, 15) is 14.4 Å². The molecule has 130 valence electrons. The van der Waals surface area contributed by atoms with Crippen molar-refractivity contribution >= 4 is 28.5 Å². The first-order valence-electron chi connectivity index (χ1n) is 8.04. The molecule has 6 nitrogen and oxygen atoms in total. The number of carbonyl (C=O) groups excluding carboxylic acids is 1. The number of rotatable bonds is 8. The summed E-state index contributed by atoms with van der Waals surface area (Å²) < 4.78 is 7.55. The van der Waals surface area contributed by atoms with E-state index in [1.807, 2.05) is 0 Å². The molecule has 0 amide bonds. The van der Waals surface area contributed by atoms with Crippen molar-refractivity contribution in [2.75, 3.05) is 12.5 Å². The van der Waals surface area contributed by atoms with Crippen LogP contribution in [0.15, 0.2) is 33.9 Å². The first-order chi connectivity index (χ1) is 11.6. The number of halogens is 1. The van der Waals surface area contributed by atoms with Gasteiger partial charge in [0.1, 0.15) is 0 Å². The summed E-state index contributed by atoms with van der Waals surface area (Å²) in [7, 11) is 0. The Balaban J connectivity index is 2.45. The van der Waals surface area contributed by atoms with Gasteiger partial charge in [-0.1, -0.05) is 12.1 Å². The smallest absolute Gasteiger partial charge is 0.331 e. The van der Waals surface area contributed by atoms with Crippen LogP contribution in [0.3, 0.4) is 0 Å². The van der Waals surface area contributed by atoms with Crippen LogP contribution >= 0.6 is 11.6 Å². The highest BCUT2D eigenvalue weighted by Crippen LogP contribution is 2.09. The Morgan fingerprint density at radius 2 is 1.88 bits per heavy atom. The highest BCUT2D eigenvalue weighted by Gasteiger charge is 2.14. The molecule has 0 saturated carbocycles. The van der Waals surface area contributed by atoms with Crippen LogP contribution in [0.5, 0.6) is 0 Å². The van der Waals surface area contributed by atoms with E-state index in [2.05, 4.69) is 0 Å². The molecular formula is C17H21ClN2O4. The standard InChI is InChI=1S/C17H21ClN2O4/c1-2-24-15(21)9-12-20-16(22)13-7-3-4-8-14(13)19(17(20)23)11-6-5-10-18/h3-4,7-8H,2,5-6,9-12H2,1H3. The van der Waals surface area contributed by atoms with Gasteiger partial charge in [0.05, 0.1) is 23.9 Å². The summed E-state index contributed by atoms with van der Waals surface area (Å²) in [6, 6.07) is 7.00. The van der Waals surface area contributed by atoms with Crippen molar-refractivity contribution in [1.82, 2.24) is 9.13 Å². The molecule has 0 saturated heterocycles. The lowest BCUT2D eigenvalue weighted by molar-refractivity contribution is -0.143. The molecule has 0 atom stereocenters. The predicted molar refractivity (Wildman–Crippen MR) is 93.7 cm³/mol. The number of para-hydroxylation sites is 1. The lowest BCUT2D eigenvalue weighted by Gasteiger charge is -2.13. The highest BCUT2D eigenvalue weighted by molar-refractivity contribution is 6.17. The molecule has 1 heterocycles. The van der Waals surface area contributed by atoms with Gasteiger partial charge in [-0.3, -0.25) is 18.7 Å². The van der Waals surface area contributed by atoms with Crippen LogP contribution in [0.25, 0.3) is 10.9 Å². The summed E-state index contributed by atoms with van der Waals surface area (Å²) in [4.78, 5) is 36.8. The molecule has 0 bridgehead atoms. The zero-order chi connectivity index (χ0) is 17.5. The van der Waals surface area contributed by atoms with Gasteiger partial charge in [0, 0.05) is 19.0 Å². The van der Waals surface area contributed by atoms with Crippen molar-refractivity contribution < 1.29 is 9.53 Å². The second-order valence-corrected chi connectivity index (χ2v) is 5.74.